The molecule has 1 aromatic rings. The van der Waals surface area contributed by atoms with Crippen molar-refractivity contribution in [3.8, 4) is 5.75 Å². The van der Waals surface area contributed by atoms with Crippen LogP contribution in [0.4, 0.5) is 0 Å². The van der Waals surface area contributed by atoms with Gasteiger partial charge in [0, 0.05) is 17.7 Å². The van der Waals surface area contributed by atoms with E-state index in [0.717, 1.165) is 49.4 Å². The summed E-state index contributed by atoms with van der Waals surface area (Å²) in [5.74, 6) is 0.961. The maximum absolute atomic E-state index is 8.98. The molecule has 1 fully saturated rings. The molecule has 0 aromatic heterocycles. The van der Waals surface area contributed by atoms with Gasteiger partial charge in [-0.3, -0.25) is 0 Å². The fourth-order valence-electron chi connectivity index (χ4n) is 3.19. The first-order valence-corrected chi connectivity index (χ1v) is 7.57. The number of likely N-dealkylation sites (tertiary alicyclic amines) is 1. The summed E-state index contributed by atoms with van der Waals surface area (Å²) in [5, 5.41) is 12.4. The highest BCUT2D eigenvalue weighted by molar-refractivity contribution is 6.04. The molecule has 4 heteroatoms. The fourth-order valence-corrected chi connectivity index (χ4v) is 3.19. The Kier molecular flexibility index (Phi) is 4.21. The van der Waals surface area contributed by atoms with E-state index in [2.05, 4.69) is 10.1 Å². The third kappa shape index (κ3) is 2.80. The first-order valence-electron chi connectivity index (χ1n) is 7.57. The monoisotopic (exact) mass is 274 g/mol. The maximum atomic E-state index is 8.98. The predicted octanol–water partition coefficient (Wildman–Crippen LogP) is 2.68. The lowest BCUT2D eigenvalue weighted by Gasteiger charge is -2.15. The molecule has 108 valence electrons. The van der Waals surface area contributed by atoms with Gasteiger partial charge in [-0.2, -0.15) is 0 Å². The molecule has 4 nitrogen and oxygen atoms in total. The minimum atomic E-state index is 0.762. The largest absolute Gasteiger partial charge is 0.493 e. The van der Waals surface area contributed by atoms with Gasteiger partial charge in [0.2, 0.25) is 0 Å². The highest BCUT2D eigenvalue weighted by Crippen LogP contribution is 2.31. The Morgan fingerprint density at radius 3 is 2.85 bits per heavy atom. The van der Waals surface area contributed by atoms with E-state index in [-0.39, 0.29) is 0 Å². The lowest BCUT2D eigenvalue weighted by Crippen LogP contribution is -2.22. The van der Waals surface area contributed by atoms with Gasteiger partial charge in [-0.1, -0.05) is 17.3 Å². The summed E-state index contributed by atoms with van der Waals surface area (Å²) in [6.45, 7) is 4.39. The van der Waals surface area contributed by atoms with Gasteiger partial charge < -0.3 is 14.8 Å². The smallest absolute Gasteiger partial charge is 0.123 e. The van der Waals surface area contributed by atoms with E-state index in [0.29, 0.717) is 0 Å². The average Bonchev–Trinajstić information content (AvgIpc) is 3.12. The molecule has 0 radical (unpaired) electrons. The zero-order valence-corrected chi connectivity index (χ0v) is 11.8. The number of nitrogens with zero attached hydrogens (tertiary/aromatic N) is 2. The first-order chi connectivity index (χ1) is 9.88. The maximum Gasteiger partial charge on any atom is 0.123 e. The van der Waals surface area contributed by atoms with Crippen molar-refractivity contribution in [3.63, 3.8) is 0 Å². The molecule has 1 saturated heterocycles. The molecule has 0 atom stereocenters. The van der Waals surface area contributed by atoms with Crippen LogP contribution in [0.3, 0.4) is 0 Å². The van der Waals surface area contributed by atoms with Crippen molar-refractivity contribution in [1.29, 1.82) is 0 Å². The summed E-state index contributed by atoms with van der Waals surface area (Å²) < 4.78 is 5.94. The molecule has 2 aliphatic rings. The number of ether oxygens (including phenoxy) is 1. The molecule has 1 aliphatic heterocycles. The highest BCUT2D eigenvalue weighted by atomic mass is 16.5. The summed E-state index contributed by atoms with van der Waals surface area (Å²) in [5.41, 5.74) is 3.02. The number of benzene rings is 1. The molecular formula is C16H22N2O2. The topological polar surface area (TPSA) is 45.1 Å². The molecule has 3 rings (SSSR count). The summed E-state index contributed by atoms with van der Waals surface area (Å²) in [4.78, 5) is 2.51. The van der Waals surface area contributed by atoms with Gasteiger partial charge in [-0.05, 0) is 51.3 Å². The standard InChI is InChI=1S/C16H22N2O2/c19-17-15-8-7-14-13(15)5-3-6-16(14)20-12-4-11-18-9-1-2-10-18/h3,5-6,19H,1-2,4,7-12H2. The molecule has 0 bridgehead atoms. The molecule has 0 unspecified atom stereocenters. The minimum Gasteiger partial charge on any atom is -0.493 e. The van der Waals surface area contributed by atoms with Crippen LogP contribution in [0.25, 0.3) is 0 Å². The molecule has 0 spiro atoms. The third-order valence-corrected chi connectivity index (χ3v) is 4.25. The van der Waals surface area contributed by atoms with Crippen LogP contribution >= 0.6 is 0 Å². The molecule has 20 heavy (non-hydrogen) atoms. The van der Waals surface area contributed by atoms with Crippen LogP contribution in [0.15, 0.2) is 23.4 Å². The molecule has 0 saturated carbocycles. The van der Waals surface area contributed by atoms with E-state index in [4.69, 9.17) is 9.94 Å². The third-order valence-electron chi connectivity index (χ3n) is 4.25. The van der Waals surface area contributed by atoms with Crippen molar-refractivity contribution in [2.45, 2.75) is 32.1 Å². The van der Waals surface area contributed by atoms with Crippen LogP contribution in [0.5, 0.6) is 5.75 Å². The number of hydrogen-bond acceptors (Lipinski definition) is 4. The number of oxime groups is 1. The second kappa shape index (κ2) is 6.27. The van der Waals surface area contributed by atoms with Gasteiger partial charge in [-0.15, -0.1) is 0 Å². The predicted molar refractivity (Wildman–Crippen MR) is 78.9 cm³/mol. The Morgan fingerprint density at radius 2 is 2.05 bits per heavy atom. The second-order valence-corrected chi connectivity index (χ2v) is 5.58. The van der Waals surface area contributed by atoms with E-state index in [9.17, 15) is 0 Å². The zero-order chi connectivity index (χ0) is 13.8. The van der Waals surface area contributed by atoms with Gasteiger partial charge in [0.1, 0.15) is 5.75 Å². The van der Waals surface area contributed by atoms with Crippen molar-refractivity contribution in [3.05, 3.63) is 29.3 Å². The average molecular weight is 274 g/mol. The van der Waals surface area contributed by atoms with E-state index in [1.54, 1.807) is 0 Å². The van der Waals surface area contributed by atoms with Crippen LogP contribution in [0.2, 0.25) is 0 Å². The van der Waals surface area contributed by atoms with E-state index < -0.39 is 0 Å². The Hall–Kier alpha value is -1.55. The quantitative estimate of drug-likeness (QED) is 0.510. The van der Waals surface area contributed by atoms with Gasteiger partial charge in [-0.25, -0.2) is 0 Å². The van der Waals surface area contributed by atoms with Crippen LogP contribution in [0.1, 0.15) is 36.8 Å². The molecule has 1 N–H and O–H groups in total. The van der Waals surface area contributed by atoms with Crippen LogP contribution in [-0.4, -0.2) is 42.1 Å². The fraction of sp³-hybridized carbons (Fsp3) is 0.562. The zero-order valence-electron chi connectivity index (χ0n) is 11.8. The van der Waals surface area contributed by atoms with Gasteiger partial charge >= 0.3 is 0 Å². The summed E-state index contributed by atoms with van der Waals surface area (Å²) >= 11 is 0. The van der Waals surface area contributed by atoms with Gasteiger partial charge in [0.25, 0.3) is 0 Å². The summed E-state index contributed by atoms with van der Waals surface area (Å²) in [6, 6.07) is 6.01. The molecule has 1 heterocycles. The van der Waals surface area contributed by atoms with Crippen LogP contribution in [-0.2, 0) is 6.42 Å². The SMILES string of the molecule is ON=C1CCc2c(OCCCN3CCCC3)cccc21. The van der Waals surface area contributed by atoms with Crippen molar-refractivity contribution in [1.82, 2.24) is 4.90 Å². The lowest BCUT2D eigenvalue weighted by atomic mass is 10.1. The number of hydrogen-bond donors (Lipinski definition) is 1. The second-order valence-electron chi connectivity index (χ2n) is 5.58. The normalized spacial score (nSPS) is 20.5. The molecule has 1 aromatic carbocycles. The Labute approximate surface area is 120 Å². The van der Waals surface area contributed by atoms with Crippen molar-refractivity contribution < 1.29 is 9.94 Å². The Morgan fingerprint density at radius 1 is 1.20 bits per heavy atom. The number of fused-ring (bicyclic) bond motifs is 1. The molecule has 1 aliphatic carbocycles. The summed E-state index contributed by atoms with van der Waals surface area (Å²) in [6.07, 6.45) is 5.48. The molecule has 0 amide bonds. The highest BCUT2D eigenvalue weighted by Gasteiger charge is 2.21. The van der Waals surface area contributed by atoms with E-state index in [1.165, 1.54) is 31.5 Å². The van der Waals surface area contributed by atoms with Crippen molar-refractivity contribution in [2.24, 2.45) is 5.16 Å². The summed E-state index contributed by atoms with van der Waals surface area (Å²) in [7, 11) is 0. The number of rotatable bonds is 5. The Balaban J connectivity index is 1.54. The van der Waals surface area contributed by atoms with Crippen molar-refractivity contribution in [2.75, 3.05) is 26.2 Å². The lowest BCUT2D eigenvalue weighted by molar-refractivity contribution is 0.262. The van der Waals surface area contributed by atoms with E-state index in [1.807, 2.05) is 18.2 Å². The Bertz CT molecular complexity index is 493. The molecular weight excluding hydrogens is 252 g/mol. The van der Waals surface area contributed by atoms with Gasteiger partial charge in [0.15, 0.2) is 0 Å². The minimum absolute atomic E-state index is 0.762. The van der Waals surface area contributed by atoms with Crippen LogP contribution < -0.4 is 4.74 Å². The van der Waals surface area contributed by atoms with Gasteiger partial charge in [0.05, 0.1) is 12.3 Å². The van der Waals surface area contributed by atoms with Crippen LogP contribution in [0, 0.1) is 0 Å². The first kappa shape index (κ1) is 13.4. The van der Waals surface area contributed by atoms with Crippen molar-refractivity contribution >= 4 is 5.71 Å². The van der Waals surface area contributed by atoms with E-state index >= 15 is 0 Å².